The van der Waals surface area contributed by atoms with E-state index in [4.69, 9.17) is 0 Å². The highest BCUT2D eigenvalue weighted by atomic mass is 32.2. The second-order valence-electron chi connectivity index (χ2n) is 9.50. The molecule has 0 atom stereocenters. The van der Waals surface area contributed by atoms with E-state index < -0.39 is 10.0 Å². The summed E-state index contributed by atoms with van der Waals surface area (Å²) in [4.78, 5) is 17.4. The number of para-hydroxylation sites is 1. The molecule has 1 aliphatic carbocycles. The first-order chi connectivity index (χ1) is 14.3. The highest BCUT2D eigenvalue weighted by Gasteiger charge is 2.48. The van der Waals surface area contributed by atoms with Crippen molar-refractivity contribution in [2.24, 2.45) is 5.92 Å². The number of sulfonamides is 1. The Morgan fingerprint density at radius 2 is 1.80 bits per heavy atom. The highest BCUT2D eigenvalue weighted by Crippen LogP contribution is 2.51. The van der Waals surface area contributed by atoms with Gasteiger partial charge in [-0.15, -0.1) is 0 Å². The van der Waals surface area contributed by atoms with Crippen LogP contribution in [0, 0.1) is 5.92 Å². The number of rotatable bonds is 5. The number of likely N-dealkylation sites (N-methyl/N-ethyl adjacent to an activating group) is 1. The van der Waals surface area contributed by atoms with Crippen molar-refractivity contribution in [3.8, 4) is 0 Å². The molecule has 0 unspecified atom stereocenters. The van der Waals surface area contributed by atoms with Crippen molar-refractivity contribution in [2.45, 2.75) is 50.4 Å². The van der Waals surface area contributed by atoms with Gasteiger partial charge in [-0.2, -0.15) is 0 Å². The minimum absolute atomic E-state index is 0.0569. The van der Waals surface area contributed by atoms with E-state index in [2.05, 4.69) is 11.0 Å². The molecule has 166 valence electrons. The Morgan fingerprint density at radius 3 is 2.47 bits per heavy atom. The average molecular weight is 434 g/mol. The molecule has 0 N–H and O–H groups in total. The summed E-state index contributed by atoms with van der Waals surface area (Å²) in [5.41, 5.74) is 1.81. The molecule has 1 aromatic carbocycles. The van der Waals surface area contributed by atoms with Crippen molar-refractivity contribution >= 4 is 21.6 Å². The number of fused-ring (bicyclic) bond motifs is 2. The first kappa shape index (κ1) is 21.6. The first-order valence-corrected chi connectivity index (χ1v) is 13.2. The van der Waals surface area contributed by atoms with E-state index in [1.165, 1.54) is 25.5 Å². The topological polar surface area (TPSA) is 60.9 Å². The second kappa shape index (κ2) is 8.50. The molecule has 0 bridgehead atoms. The summed E-state index contributed by atoms with van der Waals surface area (Å²) in [6.07, 6.45) is 8.56. The van der Waals surface area contributed by atoms with Crippen LogP contribution in [0.5, 0.6) is 0 Å². The van der Waals surface area contributed by atoms with E-state index in [0.29, 0.717) is 6.54 Å². The van der Waals surface area contributed by atoms with Gasteiger partial charge in [0.05, 0.1) is 11.9 Å². The lowest BCUT2D eigenvalue weighted by molar-refractivity contribution is -0.135. The molecule has 0 radical (unpaired) electrons. The van der Waals surface area contributed by atoms with Gasteiger partial charge in [0.15, 0.2) is 0 Å². The summed E-state index contributed by atoms with van der Waals surface area (Å²) in [7, 11) is -1.36. The molecule has 3 aliphatic rings. The lowest BCUT2D eigenvalue weighted by Gasteiger charge is -2.38. The third-order valence-corrected chi connectivity index (χ3v) is 8.59. The number of hydrogen-bond acceptors (Lipinski definition) is 4. The Balaban J connectivity index is 1.38. The molecule has 6 nitrogen and oxygen atoms in total. The molecule has 0 aromatic heterocycles. The number of anilines is 1. The van der Waals surface area contributed by atoms with Crippen molar-refractivity contribution in [1.29, 1.82) is 0 Å². The van der Waals surface area contributed by atoms with E-state index in [-0.39, 0.29) is 17.2 Å². The van der Waals surface area contributed by atoms with Crippen molar-refractivity contribution in [3.05, 3.63) is 29.8 Å². The summed E-state index contributed by atoms with van der Waals surface area (Å²) < 4.78 is 26.3. The zero-order valence-electron chi connectivity index (χ0n) is 18.3. The fraction of sp³-hybridized carbons (Fsp3) is 0.696. The van der Waals surface area contributed by atoms with E-state index in [1.807, 2.05) is 30.1 Å². The molecule has 1 saturated carbocycles. The zero-order chi connectivity index (χ0) is 21.4. The van der Waals surface area contributed by atoms with Crippen molar-refractivity contribution in [3.63, 3.8) is 0 Å². The first-order valence-electron chi connectivity index (χ1n) is 11.3. The van der Waals surface area contributed by atoms with Crippen molar-refractivity contribution in [2.75, 3.05) is 50.3 Å². The van der Waals surface area contributed by atoms with Crippen LogP contribution in [-0.4, -0.2) is 70.2 Å². The van der Waals surface area contributed by atoms with Gasteiger partial charge in [0, 0.05) is 38.0 Å². The van der Waals surface area contributed by atoms with Crippen LogP contribution in [0.15, 0.2) is 24.3 Å². The van der Waals surface area contributed by atoms with E-state index in [1.54, 1.807) is 4.31 Å². The number of carbonyl (C=O) groups excluding carboxylic acids is 1. The van der Waals surface area contributed by atoms with Crippen LogP contribution in [0.2, 0.25) is 0 Å². The number of likely N-dealkylation sites (tertiary alicyclic amines) is 1. The monoisotopic (exact) mass is 433 g/mol. The molecule has 1 saturated heterocycles. The fourth-order valence-electron chi connectivity index (χ4n) is 5.62. The Morgan fingerprint density at radius 1 is 1.13 bits per heavy atom. The molecule has 4 rings (SSSR count). The molecule has 1 aromatic rings. The number of amides is 1. The largest absolute Gasteiger partial charge is 0.344 e. The summed E-state index contributed by atoms with van der Waals surface area (Å²) in [6.45, 7) is 4.59. The van der Waals surface area contributed by atoms with Crippen molar-refractivity contribution in [1.82, 2.24) is 9.80 Å². The predicted molar refractivity (Wildman–Crippen MR) is 120 cm³/mol. The minimum Gasteiger partial charge on any atom is -0.344 e. The van der Waals surface area contributed by atoms with Crippen LogP contribution in [0.1, 0.15) is 50.5 Å². The Labute approximate surface area is 181 Å². The molecular formula is C23H35N3O3S. The van der Waals surface area contributed by atoms with Crippen LogP contribution in [0.4, 0.5) is 5.69 Å². The average Bonchev–Trinajstić information content (AvgIpc) is 3.07. The maximum Gasteiger partial charge on any atom is 0.232 e. The van der Waals surface area contributed by atoms with Crippen LogP contribution in [-0.2, 0) is 20.2 Å². The van der Waals surface area contributed by atoms with Crippen LogP contribution in [0.3, 0.4) is 0 Å². The fourth-order valence-corrected chi connectivity index (χ4v) is 6.62. The predicted octanol–water partition coefficient (Wildman–Crippen LogP) is 2.84. The maximum absolute atomic E-state index is 13.0. The van der Waals surface area contributed by atoms with E-state index >= 15 is 0 Å². The SMILES string of the molecule is CN(CCN1CCCCC1)C(=O)C1CCC2(CC1)CN(S(C)(=O)=O)c1ccccc12. The number of nitrogens with zero attached hydrogens (tertiary/aromatic N) is 3. The lowest BCUT2D eigenvalue weighted by atomic mass is 9.67. The van der Waals surface area contributed by atoms with Crippen LogP contribution in [0.25, 0.3) is 0 Å². The summed E-state index contributed by atoms with van der Waals surface area (Å²) in [5.74, 6) is 0.314. The molecular weight excluding hydrogens is 398 g/mol. The number of benzene rings is 1. The van der Waals surface area contributed by atoms with Gasteiger partial charge in [-0.25, -0.2) is 8.42 Å². The van der Waals surface area contributed by atoms with Gasteiger partial charge >= 0.3 is 0 Å². The summed E-state index contributed by atoms with van der Waals surface area (Å²) in [5, 5.41) is 0. The lowest BCUT2D eigenvalue weighted by Crippen LogP contribution is -2.44. The summed E-state index contributed by atoms with van der Waals surface area (Å²) >= 11 is 0. The van der Waals surface area contributed by atoms with Crippen molar-refractivity contribution < 1.29 is 13.2 Å². The number of carbonyl (C=O) groups is 1. The third-order valence-electron chi connectivity index (χ3n) is 7.46. The van der Waals surface area contributed by atoms with Crippen LogP contribution < -0.4 is 4.31 Å². The molecule has 7 heteroatoms. The quantitative estimate of drug-likeness (QED) is 0.716. The molecule has 2 heterocycles. The smallest absolute Gasteiger partial charge is 0.232 e. The van der Waals surface area contributed by atoms with Gasteiger partial charge in [0.25, 0.3) is 0 Å². The Kier molecular flexibility index (Phi) is 6.13. The van der Waals surface area contributed by atoms with Crippen LogP contribution >= 0.6 is 0 Å². The Bertz CT molecular complexity index is 871. The maximum atomic E-state index is 13.0. The van der Waals surface area contributed by atoms with Gasteiger partial charge < -0.3 is 9.80 Å². The van der Waals surface area contributed by atoms with E-state index in [0.717, 1.165) is 63.1 Å². The van der Waals surface area contributed by atoms with Gasteiger partial charge in [0.1, 0.15) is 0 Å². The molecule has 2 fully saturated rings. The normalized spacial score (nSPS) is 27.3. The zero-order valence-corrected chi connectivity index (χ0v) is 19.2. The number of hydrogen-bond donors (Lipinski definition) is 0. The van der Waals surface area contributed by atoms with Gasteiger partial charge in [-0.05, 0) is 63.2 Å². The van der Waals surface area contributed by atoms with Gasteiger partial charge in [0.2, 0.25) is 15.9 Å². The number of piperidine rings is 1. The van der Waals surface area contributed by atoms with E-state index in [9.17, 15) is 13.2 Å². The highest BCUT2D eigenvalue weighted by molar-refractivity contribution is 7.92. The molecule has 1 spiro atoms. The molecule has 30 heavy (non-hydrogen) atoms. The third kappa shape index (κ3) is 4.24. The molecule has 2 aliphatic heterocycles. The minimum atomic E-state index is -3.30. The van der Waals surface area contributed by atoms with Gasteiger partial charge in [-0.1, -0.05) is 24.6 Å². The second-order valence-corrected chi connectivity index (χ2v) is 11.4. The standard InChI is InChI=1S/C23H35N3O3S/c1-24(16-17-25-14-6-3-7-15-25)22(27)19-10-12-23(13-11-19)18-26(30(2,28)29)21-9-5-4-8-20(21)23/h4-5,8-9,19H,3,6-7,10-18H2,1-2H3. The van der Waals surface area contributed by atoms with Gasteiger partial charge in [-0.3, -0.25) is 9.10 Å². The molecule has 1 amide bonds. The Hall–Kier alpha value is -1.60. The summed E-state index contributed by atoms with van der Waals surface area (Å²) in [6, 6.07) is 7.89.